The quantitative estimate of drug-likeness (QED) is 0.651. The minimum atomic E-state index is -0.314. The van der Waals surface area contributed by atoms with Crippen molar-refractivity contribution >= 4 is 11.4 Å². The summed E-state index contributed by atoms with van der Waals surface area (Å²) in [7, 11) is 0. The third kappa shape index (κ3) is 2.19. The van der Waals surface area contributed by atoms with Crippen molar-refractivity contribution in [3.8, 4) is 0 Å². The van der Waals surface area contributed by atoms with Crippen molar-refractivity contribution < 1.29 is 4.92 Å². The Labute approximate surface area is 108 Å². The molecule has 0 saturated heterocycles. The third-order valence-corrected chi connectivity index (χ3v) is 4.00. The van der Waals surface area contributed by atoms with Crippen LogP contribution in [-0.2, 0) is 0 Å². The van der Waals surface area contributed by atoms with Crippen LogP contribution in [0, 0.1) is 22.0 Å². The average molecular weight is 248 g/mol. The first-order valence-electron chi connectivity index (χ1n) is 6.56. The lowest BCUT2D eigenvalue weighted by Crippen LogP contribution is -2.19. The number of non-ortho nitro benzene ring substituents is 1. The second-order valence-electron chi connectivity index (χ2n) is 5.33. The van der Waals surface area contributed by atoms with Crippen molar-refractivity contribution in [1.82, 2.24) is 0 Å². The number of nitrogens with zero attached hydrogens (tertiary/aromatic N) is 1. The molecule has 1 aliphatic heterocycles. The van der Waals surface area contributed by atoms with E-state index in [1.54, 1.807) is 12.1 Å². The highest BCUT2D eigenvalue weighted by Crippen LogP contribution is 2.41. The van der Waals surface area contributed by atoms with Gasteiger partial charge in [0.15, 0.2) is 0 Å². The fourth-order valence-electron chi connectivity index (χ4n) is 3.06. The number of fused-ring (bicyclic) bond motifs is 1. The summed E-state index contributed by atoms with van der Waals surface area (Å²) in [4.78, 5) is 10.6. The summed E-state index contributed by atoms with van der Waals surface area (Å²) < 4.78 is 0. The minimum absolute atomic E-state index is 0.195. The molecule has 0 fully saturated rings. The summed E-state index contributed by atoms with van der Waals surface area (Å²) in [6, 6.07) is 5.15. The fraction of sp³-hybridized carbons (Fsp3) is 0.571. The molecule has 4 heteroatoms. The topological polar surface area (TPSA) is 55.2 Å². The van der Waals surface area contributed by atoms with Gasteiger partial charge in [0, 0.05) is 30.3 Å². The van der Waals surface area contributed by atoms with Gasteiger partial charge in [-0.2, -0.15) is 0 Å². The van der Waals surface area contributed by atoms with E-state index in [1.807, 2.05) is 6.07 Å². The zero-order valence-electron chi connectivity index (χ0n) is 11.1. The van der Waals surface area contributed by atoms with Gasteiger partial charge in [-0.25, -0.2) is 0 Å². The van der Waals surface area contributed by atoms with E-state index in [4.69, 9.17) is 0 Å². The monoisotopic (exact) mass is 248 g/mol. The van der Waals surface area contributed by atoms with Crippen LogP contribution in [0.1, 0.15) is 38.7 Å². The van der Waals surface area contributed by atoms with E-state index in [0.717, 1.165) is 24.2 Å². The second kappa shape index (κ2) is 4.96. The van der Waals surface area contributed by atoms with E-state index in [9.17, 15) is 10.1 Å². The van der Waals surface area contributed by atoms with Gasteiger partial charge < -0.3 is 5.32 Å². The largest absolute Gasteiger partial charge is 0.384 e. The Bertz CT molecular complexity index is 457. The third-order valence-electron chi connectivity index (χ3n) is 4.00. The molecule has 2 atom stereocenters. The molecular weight excluding hydrogens is 228 g/mol. The van der Waals surface area contributed by atoms with Gasteiger partial charge >= 0.3 is 0 Å². The van der Waals surface area contributed by atoms with Gasteiger partial charge in [-0.1, -0.05) is 27.2 Å². The molecule has 1 N–H and O–H groups in total. The summed E-state index contributed by atoms with van der Waals surface area (Å²) in [5.41, 5.74) is 2.37. The van der Waals surface area contributed by atoms with E-state index in [-0.39, 0.29) is 10.6 Å². The second-order valence-corrected chi connectivity index (χ2v) is 5.33. The lowest BCUT2D eigenvalue weighted by molar-refractivity contribution is -0.384. The van der Waals surface area contributed by atoms with Crippen molar-refractivity contribution in [2.45, 2.75) is 33.1 Å². The molecule has 1 heterocycles. The molecule has 18 heavy (non-hydrogen) atoms. The number of hydrogen-bond acceptors (Lipinski definition) is 3. The molecule has 0 bridgehead atoms. The van der Waals surface area contributed by atoms with Crippen molar-refractivity contribution in [2.75, 3.05) is 11.9 Å². The number of anilines is 1. The predicted octanol–water partition coefficient (Wildman–Crippen LogP) is 3.79. The molecule has 2 rings (SSSR count). The van der Waals surface area contributed by atoms with Crippen LogP contribution in [0.15, 0.2) is 18.2 Å². The standard InChI is InChI=1S/C14H20N2O2/c1-4-11(9(2)3)13-8-15-14-6-5-10(16(17)18)7-12(13)14/h5-7,9,11,13,15H,4,8H2,1-3H3. The van der Waals surface area contributed by atoms with E-state index < -0.39 is 0 Å². The molecule has 2 unspecified atom stereocenters. The lowest BCUT2D eigenvalue weighted by atomic mass is 9.78. The van der Waals surface area contributed by atoms with Crippen molar-refractivity contribution in [3.63, 3.8) is 0 Å². The van der Waals surface area contributed by atoms with E-state index in [2.05, 4.69) is 26.1 Å². The molecule has 0 radical (unpaired) electrons. The van der Waals surface area contributed by atoms with Crippen molar-refractivity contribution in [1.29, 1.82) is 0 Å². The van der Waals surface area contributed by atoms with Crippen LogP contribution in [0.5, 0.6) is 0 Å². The molecule has 0 saturated carbocycles. The van der Waals surface area contributed by atoms with Crippen molar-refractivity contribution in [2.24, 2.45) is 11.8 Å². The minimum Gasteiger partial charge on any atom is -0.384 e. The first kappa shape index (κ1) is 12.9. The molecule has 0 aliphatic carbocycles. The van der Waals surface area contributed by atoms with Crippen LogP contribution in [-0.4, -0.2) is 11.5 Å². The summed E-state index contributed by atoms with van der Waals surface area (Å²) in [6.45, 7) is 7.54. The zero-order valence-corrected chi connectivity index (χ0v) is 11.1. The number of nitrogens with one attached hydrogen (secondary N) is 1. The fourth-order valence-corrected chi connectivity index (χ4v) is 3.06. The molecule has 1 aromatic carbocycles. The van der Waals surface area contributed by atoms with Gasteiger partial charge in [-0.3, -0.25) is 10.1 Å². The Balaban J connectivity index is 2.36. The van der Waals surface area contributed by atoms with Gasteiger partial charge in [-0.15, -0.1) is 0 Å². The number of nitro benzene ring substituents is 1. The Hall–Kier alpha value is -1.58. The molecule has 1 aromatic rings. The number of hydrogen-bond donors (Lipinski definition) is 1. The molecular formula is C14H20N2O2. The van der Waals surface area contributed by atoms with Crippen LogP contribution >= 0.6 is 0 Å². The predicted molar refractivity (Wildman–Crippen MR) is 72.9 cm³/mol. The van der Waals surface area contributed by atoms with E-state index in [1.165, 1.54) is 0 Å². The van der Waals surface area contributed by atoms with Crippen LogP contribution in [0.25, 0.3) is 0 Å². The van der Waals surface area contributed by atoms with E-state index in [0.29, 0.717) is 17.8 Å². The van der Waals surface area contributed by atoms with Crippen LogP contribution in [0.3, 0.4) is 0 Å². The number of benzene rings is 1. The maximum Gasteiger partial charge on any atom is 0.269 e. The molecule has 0 amide bonds. The normalized spacial score (nSPS) is 19.4. The van der Waals surface area contributed by atoms with Gasteiger partial charge in [0.25, 0.3) is 5.69 Å². The first-order chi connectivity index (χ1) is 8.54. The van der Waals surface area contributed by atoms with E-state index >= 15 is 0 Å². The van der Waals surface area contributed by atoms with Crippen LogP contribution in [0.4, 0.5) is 11.4 Å². The molecule has 1 aliphatic rings. The lowest BCUT2D eigenvalue weighted by Gasteiger charge is -2.25. The maximum absolute atomic E-state index is 10.9. The Morgan fingerprint density at radius 3 is 2.78 bits per heavy atom. The van der Waals surface area contributed by atoms with Crippen molar-refractivity contribution in [3.05, 3.63) is 33.9 Å². The Morgan fingerprint density at radius 2 is 2.22 bits per heavy atom. The molecule has 98 valence electrons. The molecule has 0 spiro atoms. The van der Waals surface area contributed by atoms with Gasteiger partial charge in [0.1, 0.15) is 0 Å². The number of nitro groups is 1. The summed E-state index contributed by atoms with van der Waals surface area (Å²) in [5.74, 6) is 1.55. The average Bonchev–Trinajstić information content (AvgIpc) is 2.73. The smallest absolute Gasteiger partial charge is 0.269 e. The number of rotatable bonds is 4. The Kier molecular flexibility index (Phi) is 3.55. The SMILES string of the molecule is CCC(C(C)C)C1CNc2ccc([N+](=O)[O-])cc21. The van der Waals surface area contributed by atoms with Gasteiger partial charge in [0.05, 0.1) is 4.92 Å². The van der Waals surface area contributed by atoms with Gasteiger partial charge in [0.2, 0.25) is 0 Å². The highest BCUT2D eigenvalue weighted by Gasteiger charge is 2.31. The van der Waals surface area contributed by atoms with Gasteiger partial charge in [-0.05, 0) is 23.5 Å². The highest BCUT2D eigenvalue weighted by molar-refractivity contribution is 5.61. The van der Waals surface area contributed by atoms with Crippen LogP contribution < -0.4 is 5.32 Å². The summed E-state index contributed by atoms with van der Waals surface area (Å²) in [6.07, 6.45) is 1.10. The maximum atomic E-state index is 10.9. The first-order valence-corrected chi connectivity index (χ1v) is 6.56. The molecule has 0 aromatic heterocycles. The summed E-state index contributed by atoms with van der Waals surface area (Å²) in [5, 5.41) is 14.2. The zero-order chi connectivity index (χ0) is 13.3. The highest BCUT2D eigenvalue weighted by atomic mass is 16.6. The Morgan fingerprint density at radius 1 is 1.50 bits per heavy atom. The molecule has 4 nitrogen and oxygen atoms in total. The van der Waals surface area contributed by atoms with Crippen LogP contribution in [0.2, 0.25) is 0 Å². The summed E-state index contributed by atoms with van der Waals surface area (Å²) >= 11 is 0.